The second kappa shape index (κ2) is 7.16. The summed E-state index contributed by atoms with van der Waals surface area (Å²) in [6.07, 6.45) is 0.399. The summed E-state index contributed by atoms with van der Waals surface area (Å²) in [6.45, 7) is 0.218. The van der Waals surface area contributed by atoms with Crippen molar-refractivity contribution < 1.29 is 18.3 Å². The number of hydrogen-bond donors (Lipinski definition) is 2. The van der Waals surface area contributed by atoms with Crippen molar-refractivity contribution in [3.63, 3.8) is 0 Å². The third-order valence-corrected chi connectivity index (χ3v) is 5.19. The van der Waals surface area contributed by atoms with Crippen LogP contribution in [-0.2, 0) is 34.7 Å². The first-order valence-corrected chi connectivity index (χ1v) is 8.76. The molecule has 0 aliphatic heterocycles. The largest absolute Gasteiger partial charge is 0.481 e. The van der Waals surface area contributed by atoms with Gasteiger partial charge in [-0.15, -0.1) is 0 Å². The van der Waals surface area contributed by atoms with Crippen LogP contribution >= 0.6 is 11.6 Å². The highest BCUT2D eigenvalue weighted by atomic mass is 35.5. The van der Waals surface area contributed by atoms with Gasteiger partial charge in [-0.05, 0) is 36.4 Å². The first-order valence-electron chi connectivity index (χ1n) is 6.90. The van der Waals surface area contributed by atoms with Gasteiger partial charge in [0.1, 0.15) is 0 Å². The van der Waals surface area contributed by atoms with Crippen LogP contribution in [-0.4, -0.2) is 30.6 Å². The number of aromatic nitrogens is 1. The minimum Gasteiger partial charge on any atom is -0.481 e. The predicted molar refractivity (Wildman–Crippen MR) is 87.1 cm³/mol. The maximum atomic E-state index is 12.1. The predicted octanol–water partition coefficient (Wildman–Crippen LogP) is 1.83. The van der Waals surface area contributed by atoms with Crippen molar-refractivity contribution in [2.24, 2.45) is 7.05 Å². The Bertz CT molecular complexity index is 797. The molecule has 1 heterocycles. The molecule has 0 fully saturated rings. The molecule has 8 heteroatoms. The molecule has 0 saturated carbocycles. The molecule has 0 aliphatic carbocycles. The quantitative estimate of drug-likeness (QED) is 0.792. The lowest BCUT2D eigenvalue weighted by molar-refractivity contribution is -0.136. The van der Waals surface area contributed by atoms with E-state index < -0.39 is 16.0 Å². The summed E-state index contributed by atoms with van der Waals surface area (Å²) >= 11 is 5.74. The van der Waals surface area contributed by atoms with E-state index in [0.29, 0.717) is 17.1 Å². The number of halogens is 1. The smallest absolute Gasteiger partial charge is 0.309 e. The van der Waals surface area contributed by atoms with Crippen molar-refractivity contribution in [2.45, 2.75) is 17.7 Å². The van der Waals surface area contributed by atoms with E-state index in [9.17, 15) is 13.2 Å². The van der Waals surface area contributed by atoms with Crippen molar-refractivity contribution in [3.05, 3.63) is 52.8 Å². The third-order valence-electron chi connectivity index (χ3n) is 3.46. The number of carboxylic acid groups (broad SMARTS) is 1. The van der Waals surface area contributed by atoms with E-state index in [4.69, 9.17) is 16.7 Å². The molecular weight excluding hydrogens is 340 g/mol. The number of carbonyl (C=O) groups is 1. The van der Waals surface area contributed by atoms with Gasteiger partial charge in [0.05, 0.1) is 11.3 Å². The molecule has 0 spiro atoms. The van der Waals surface area contributed by atoms with Crippen LogP contribution in [0.2, 0.25) is 5.02 Å². The topological polar surface area (TPSA) is 88.4 Å². The standard InChI is InChI=1S/C15H17ClN2O4S/c1-18-12(4-5-13(18)10-15(19)20)8-9-17-23(21,22)14-6-2-11(16)3-7-14/h2-7,17H,8-10H2,1H3,(H,19,20). The van der Waals surface area contributed by atoms with Gasteiger partial charge in [-0.3, -0.25) is 4.79 Å². The summed E-state index contributed by atoms with van der Waals surface area (Å²) in [7, 11) is -1.82. The van der Waals surface area contributed by atoms with Crippen LogP contribution in [0.5, 0.6) is 0 Å². The Labute approximate surface area is 139 Å². The monoisotopic (exact) mass is 356 g/mol. The molecule has 2 aromatic rings. The van der Waals surface area contributed by atoms with Crippen LogP contribution in [0.1, 0.15) is 11.4 Å². The van der Waals surface area contributed by atoms with Crippen LogP contribution in [0.3, 0.4) is 0 Å². The van der Waals surface area contributed by atoms with Crippen LogP contribution in [0.25, 0.3) is 0 Å². The van der Waals surface area contributed by atoms with Crippen LogP contribution in [0, 0.1) is 0 Å². The van der Waals surface area contributed by atoms with Gasteiger partial charge >= 0.3 is 5.97 Å². The minimum absolute atomic E-state index is 0.0625. The molecule has 0 aliphatic rings. The molecule has 124 valence electrons. The zero-order valence-corrected chi connectivity index (χ0v) is 14.1. The Morgan fingerprint density at radius 2 is 1.78 bits per heavy atom. The normalized spacial score (nSPS) is 11.6. The average molecular weight is 357 g/mol. The molecule has 23 heavy (non-hydrogen) atoms. The maximum absolute atomic E-state index is 12.1. The Morgan fingerprint density at radius 1 is 1.17 bits per heavy atom. The Kier molecular flexibility index (Phi) is 5.46. The van der Waals surface area contributed by atoms with Crippen LogP contribution < -0.4 is 4.72 Å². The van der Waals surface area contributed by atoms with Crippen LogP contribution in [0.15, 0.2) is 41.3 Å². The van der Waals surface area contributed by atoms with E-state index in [1.54, 1.807) is 23.7 Å². The molecule has 2 rings (SSSR count). The first kappa shape index (κ1) is 17.5. The number of hydrogen-bond acceptors (Lipinski definition) is 3. The van der Waals surface area contributed by atoms with Gasteiger partial charge in [0.25, 0.3) is 0 Å². The maximum Gasteiger partial charge on any atom is 0.309 e. The molecule has 0 bridgehead atoms. The highest BCUT2D eigenvalue weighted by molar-refractivity contribution is 7.89. The number of rotatable bonds is 7. The fraction of sp³-hybridized carbons (Fsp3) is 0.267. The zero-order valence-electron chi connectivity index (χ0n) is 12.5. The molecule has 1 aromatic carbocycles. The Balaban J connectivity index is 1.98. The van der Waals surface area contributed by atoms with Crippen LogP contribution in [0.4, 0.5) is 0 Å². The Hall–Kier alpha value is -1.83. The molecular formula is C15H17ClN2O4S. The van der Waals surface area contributed by atoms with Crippen molar-refractivity contribution in [3.8, 4) is 0 Å². The molecule has 2 N–H and O–H groups in total. The van der Waals surface area contributed by atoms with E-state index in [0.717, 1.165) is 5.69 Å². The number of nitrogens with one attached hydrogen (secondary N) is 1. The van der Waals surface area contributed by atoms with Gasteiger partial charge in [0, 0.05) is 36.4 Å². The van der Waals surface area contributed by atoms with Gasteiger partial charge in [-0.1, -0.05) is 11.6 Å². The van der Waals surface area contributed by atoms with E-state index in [2.05, 4.69) is 4.72 Å². The summed E-state index contributed by atoms with van der Waals surface area (Å²) in [5.74, 6) is -0.902. The number of sulfonamides is 1. The van der Waals surface area contributed by atoms with Crippen molar-refractivity contribution in [2.75, 3.05) is 6.54 Å². The summed E-state index contributed by atoms with van der Waals surface area (Å²) in [5.41, 5.74) is 1.54. The van der Waals surface area contributed by atoms with E-state index in [1.807, 2.05) is 0 Å². The molecule has 6 nitrogen and oxygen atoms in total. The van der Waals surface area contributed by atoms with Crippen molar-refractivity contribution in [1.29, 1.82) is 0 Å². The lowest BCUT2D eigenvalue weighted by Crippen LogP contribution is -2.26. The van der Waals surface area contributed by atoms with Gasteiger partial charge in [0.15, 0.2) is 0 Å². The average Bonchev–Trinajstić information content (AvgIpc) is 2.80. The molecule has 0 saturated heterocycles. The molecule has 0 unspecified atom stereocenters. The number of aliphatic carboxylic acids is 1. The summed E-state index contributed by atoms with van der Waals surface area (Å²) in [5, 5.41) is 9.29. The van der Waals surface area contributed by atoms with Gasteiger partial charge in [0.2, 0.25) is 10.0 Å². The minimum atomic E-state index is -3.58. The van der Waals surface area contributed by atoms with E-state index in [-0.39, 0.29) is 17.9 Å². The SMILES string of the molecule is Cn1c(CCNS(=O)(=O)c2ccc(Cl)cc2)ccc1CC(=O)O. The number of carboxylic acids is 1. The fourth-order valence-electron chi connectivity index (χ4n) is 2.19. The van der Waals surface area contributed by atoms with Crippen molar-refractivity contribution in [1.82, 2.24) is 9.29 Å². The van der Waals surface area contributed by atoms with Gasteiger partial charge in [-0.25, -0.2) is 13.1 Å². The summed E-state index contributed by atoms with van der Waals surface area (Å²) in [6, 6.07) is 9.46. The zero-order chi connectivity index (χ0) is 17.0. The molecule has 0 atom stereocenters. The summed E-state index contributed by atoms with van der Waals surface area (Å²) in [4.78, 5) is 10.9. The molecule has 1 aromatic heterocycles. The van der Waals surface area contributed by atoms with Crippen molar-refractivity contribution >= 4 is 27.6 Å². The number of nitrogens with zero attached hydrogens (tertiary/aromatic N) is 1. The molecule has 0 amide bonds. The van der Waals surface area contributed by atoms with E-state index >= 15 is 0 Å². The van der Waals surface area contributed by atoms with E-state index in [1.165, 1.54) is 24.3 Å². The molecule has 0 radical (unpaired) electrons. The fourth-order valence-corrected chi connectivity index (χ4v) is 3.35. The number of benzene rings is 1. The second-order valence-corrected chi connectivity index (χ2v) is 7.25. The highest BCUT2D eigenvalue weighted by Gasteiger charge is 2.14. The Morgan fingerprint density at radius 3 is 2.39 bits per heavy atom. The lowest BCUT2D eigenvalue weighted by Gasteiger charge is -2.09. The van der Waals surface area contributed by atoms with Gasteiger partial charge in [-0.2, -0.15) is 0 Å². The first-order chi connectivity index (χ1) is 10.8. The third kappa shape index (κ3) is 4.57. The highest BCUT2D eigenvalue weighted by Crippen LogP contribution is 2.14. The lowest BCUT2D eigenvalue weighted by atomic mass is 10.3. The second-order valence-electron chi connectivity index (χ2n) is 5.05. The summed E-state index contributed by atoms with van der Waals surface area (Å²) < 4.78 is 28.5. The van der Waals surface area contributed by atoms with Gasteiger partial charge < -0.3 is 9.67 Å².